The highest BCUT2D eigenvalue weighted by Gasteiger charge is 2.65. The molecule has 0 bridgehead atoms. The van der Waals surface area contributed by atoms with Gasteiger partial charge in [0.05, 0.1) is 0 Å². The average molecular weight is 223 g/mol. The van der Waals surface area contributed by atoms with Gasteiger partial charge in [-0.25, -0.2) is 0 Å². The van der Waals surface area contributed by atoms with E-state index in [4.69, 9.17) is 6.42 Å². The van der Waals surface area contributed by atoms with E-state index in [0.29, 0.717) is 5.56 Å². The third kappa shape index (κ3) is 1.30. The summed E-state index contributed by atoms with van der Waals surface area (Å²) in [6.45, 7) is 3.55. The van der Waals surface area contributed by atoms with Crippen LogP contribution >= 0.6 is 0 Å². The Morgan fingerprint density at radius 1 is 1.31 bits per heavy atom. The fraction of sp³-hybridized carbons (Fsp3) is 0.182. The van der Waals surface area contributed by atoms with Crippen molar-refractivity contribution in [3.63, 3.8) is 0 Å². The molecule has 0 saturated heterocycles. The molecule has 5 heteroatoms. The molecule has 0 unspecified atom stereocenters. The van der Waals surface area contributed by atoms with E-state index < -0.39 is 11.8 Å². The van der Waals surface area contributed by atoms with E-state index in [9.17, 15) is 13.2 Å². The summed E-state index contributed by atoms with van der Waals surface area (Å²) in [5.74, 6) is 2.27. The van der Waals surface area contributed by atoms with Crippen LogP contribution in [0.5, 0.6) is 0 Å². The Bertz CT molecular complexity index is 503. The smallest absolute Gasteiger partial charge is 0.166 e. The van der Waals surface area contributed by atoms with Crippen LogP contribution in [0.15, 0.2) is 28.4 Å². The molecule has 1 radical (unpaired) electrons. The number of hydrogen-bond donors (Lipinski definition) is 0. The molecular formula is C11H6F3N2. The predicted octanol–water partition coefficient (Wildman–Crippen LogP) is 3.03. The molecular weight excluding hydrogens is 217 g/mol. The van der Waals surface area contributed by atoms with Crippen molar-refractivity contribution in [2.75, 3.05) is 0 Å². The Balaban J connectivity index is 2.55. The third-order valence-corrected chi connectivity index (χ3v) is 2.40. The quantitative estimate of drug-likeness (QED) is 0.654. The minimum absolute atomic E-state index is 0.101. The van der Waals surface area contributed by atoms with Crippen LogP contribution in [-0.4, -0.2) is 6.18 Å². The lowest BCUT2D eigenvalue weighted by atomic mass is 9.94. The van der Waals surface area contributed by atoms with Gasteiger partial charge in [-0.3, -0.25) is 0 Å². The van der Waals surface area contributed by atoms with Crippen molar-refractivity contribution < 1.29 is 13.2 Å². The molecule has 1 aromatic carbocycles. The van der Waals surface area contributed by atoms with Gasteiger partial charge in [0.25, 0.3) is 0 Å². The lowest BCUT2D eigenvalue weighted by Gasteiger charge is -2.17. The van der Waals surface area contributed by atoms with Crippen molar-refractivity contribution in [3.8, 4) is 12.3 Å². The monoisotopic (exact) mass is 223 g/mol. The van der Waals surface area contributed by atoms with Crippen molar-refractivity contribution in [1.29, 1.82) is 0 Å². The molecule has 0 N–H and O–H groups in total. The SMILES string of the molecule is C#Cc1cccc(C2(C(F)(F)F)N=N2)c1[CH2]. The predicted molar refractivity (Wildman–Crippen MR) is 51.4 cm³/mol. The fourth-order valence-electron chi connectivity index (χ4n) is 1.47. The molecule has 16 heavy (non-hydrogen) atoms. The zero-order valence-corrected chi connectivity index (χ0v) is 8.04. The van der Waals surface area contributed by atoms with Crippen molar-refractivity contribution >= 4 is 0 Å². The summed E-state index contributed by atoms with van der Waals surface area (Å²) >= 11 is 0. The van der Waals surface area contributed by atoms with Gasteiger partial charge in [-0.2, -0.15) is 13.2 Å². The third-order valence-electron chi connectivity index (χ3n) is 2.40. The maximum absolute atomic E-state index is 12.7. The van der Waals surface area contributed by atoms with Gasteiger partial charge >= 0.3 is 11.8 Å². The van der Waals surface area contributed by atoms with Crippen LogP contribution in [-0.2, 0) is 5.66 Å². The second-order valence-corrected chi connectivity index (χ2v) is 3.35. The minimum atomic E-state index is -4.55. The summed E-state index contributed by atoms with van der Waals surface area (Å²) < 4.78 is 38.2. The van der Waals surface area contributed by atoms with Gasteiger partial charge in [0.2, 0.25) is 0 Å². The summed E-state index contributed by atoms with van der Waals surface area (Å²) in [5.41, 5.74) is -2.09. The van der Waals surface area contributed by atoms with Crippen molar-refractivity contribution in [2.45, 2.75) is 11.8 Å². The Kier molecular flexibility index (Phi) is 2.06. The number of halogens is 3. The standard InChI is InChI=1S/C11H6F3N2/c1-3-8-5-4-6-9(7(8)2)10(15-16-10)11(12,13)14/h1,4-6H,2H2. The lowest BCUT2D eigenvalue weighted by Crippen LogP contribution is -2.31. The Labute approximate surface area is 90.2 Å². The number of alkyl halides is 3. The first kappa shape index (κ1) is 10.7. The summed E-state index contributed by atoms with van der Waals surface area (Å²) in [4.78, 5) is 0. The van der Waals surface area contributed by atoms with Crippen LogP contribution in [0.1, 0.15) is 16.7 Å². The van der Waals surface area contributed by atoms with E-state index in [1.807, 2.05) is 0 Å². The van der Waals surface area contributed by atoms with Crippen molar-refractivity contribution in [3.05, 3.63) is 41.8 Å². The highest BCUT2D eigenvalue weighted by Crippen LogP contribution is 2.53. The van der Waals surface area contributed by atoms with Gasteiger partial charge in [-0.1, -0.05) is 18.1 Å². The normalized spacial score (nSPS) is 16.9. The highest BCUT2D eigenvalue weighted by molar-refractivity contribution is 5.50. The van der Waals surface area contributed by atoms with Gasteiger partial charge < -0.3 is 0 Å². The first-order valence-corrected chi connectivity index (χ1v) is 4.35. The van der Waals surface area contributed by atoms with E-state index in [2.05, 4.69) is 23.1 Å². The van der Waals surface area contributed by atoms with Gasteiger partial charge in [-0.15, -0.1) is 16.7 Å². The molecule has 0 atom stereocenters. The lowest BCUT2D eigenvalue weighted by molar-refractivity contribution is -0.166. The van der Waals surface area contributed by atoms with Crippen molar-refractivity contribution in [2.24, 2.45) is 10.2 Å². The molecule has 0 aliphatic carbocycles. The number of hydrogen-bond acceptors (Lipinski definition) is 2. The zero-order valence-electron chi connectivity index (χ0n) is 8.04. The van der Waals surface area contributed by atoms with Gasteiger partial charge in [0.15, 0.2) is 0 Å². The summed E-state index contributed by atoms with van der Waals surface area (Å²) in [7, 11) is 0. The average Bonchev–Trinajstić information content (AvgIpc) is 2.98. The molecule has 0 amide bonds. The second-order valence-electron chi connectivity index (χ2n) is 3.35. The first-order chi connectivity index (χ1) is 7.42. The van der Waals surface area contributed by atoms with Crippen LogP contribution in [0.2, 0.25) is 0 Å². The molecule has 1 aliphatic rings. The summed E-state index contributed by atoms with van der Waals surface area (Å²) in [6.07, 6.45) is 0.611. The molecule has 2 rings (SSSR count). The Morgan fingerprint density at radius 3 is 2.38 bits per heavy atom. The van der Waals surface area contributed by atoms with Gasteiger partial charge in [-0.05, 0) is 18.6 Å². The topological polar surface area (TPSA) is 24.7 Å². The summed E-state index contributed by atoms with van der Waals surface area (Å²) in [5, 5.41) is 6.21. The molecule has 0 fully saturated rings. The van der Waals surface area contributed by atoms with Gasteiger partial charge in [0, 0.05) is 11.1 Å². The second kappa shape index (κ2) is 3.08. The van der Waals surface area contributed by atoms with E-state index in [1.165, 1.54) is 18.2 Å². The Morgan fingerprint density at radius 2 is 1.94 bits per heavy atom. The zero-order chi connectivity index (χ0) is 12.0. The number of rotatable bonds is 1. The minimum Gasteiger partial charge on any atom is -0.166 e. The largest absolute Gasteiger partial charge is 0.442 e. The van der Waals surface area contributed by atoms with E-state index >= 15 is 0 Å². The number of nitrogens with zero attached hydrogens (tertiary/aromatic N) is 2. The van der Waals surface area contributed by atoms with Gasteiger partial charge in [0.1, 0.15) is 0 Å². The number of benzene rings is 1. The van der Waals surface area contributed by atoms with Crippen LogP contribution in [0.3, 0.4) is 0 Å². The molecule has 1 aromatic rings. The van der Waals surface area contributed by atoms with E-state index in [1.54, 1.807) is 0 Å². The molecule has 0 saturated carbocycles. The van der Waals surface area contributed by atoms with Crippen molar-refractivity contribution in [1.82, 2.24) is 0 Å². The fourth-order valence-corrected chi connectivity index (χ4v) is 1.47. The van der Waals surface area contributed by atoms with E-state index in [-0.39, 0.29) is 11.1 Å². The molecule has 1 aliphatic heterocycles. The van der Waals surface area contributed by atoms with Crippen LogP contribution < -0.4 is 0 Å². The van der Waals surface area contributed by atoms with Crippen LogP contribution in [0.4, 0.5) is 13.2 Å². The molecule has 0 aromatic heterocycles. The first-order valence-electron chi connectivity index (χ1n) is 4.35. The molecule has 81 valence electrons. The van der Waals surface area contributed by atoms with Crippen LogP contribution in [0.25, 0.3) is 0 Å². The maximum atomic E-state index is 12.7. The molecule has 0 spiro atoms. The van der Waals surface area contributed by atoms with E-state index in [0.717, 1.165) is 0 Å². The van der Waals surface area contributed by atoms with Crippen LogP contribution in [0, 0.1) is 19.3 Å². The highest BCUT2D eigenvalue weighted by atomic mass is 19.4. The molecule has 2 nitrogen and oxygen atoms in total. The Hall–Kier alpha value is -1.83. The summed E-state index contributed by atoms with van der Waals surface area (Å²) in [6, 6.07) is 4.25. The number of terminal acetylenes is 1. The molecule has 1 heterocycles. The maximum Gasteiger partial charge on any atom is 0.442 e.